The maximum Gasteiger partial charge on any atom is 0.326 e. The maximum absolute atomic E-state index is 11.9. The number of likely N-dealkylation sites (N-methyl/N-ethyl adjacent to an activating group) is 1. The van der Waals surface area contributed by atoms with Crippen molar-refractivity contribution in [2.45, 2.75) is 64.3 Å². The molecule has 0 unspecified atom stereocenters. The molecule has 12 heteroatoms. The number of hydrogen-bond acceptors (Lipinski definition) is 7. The SMILES string of the molecule is CCNC(=O)COCCOCCNC(=O)CC[C@H](NC(=O)CCCCCCC(=O)O)C(=O)O. The van der Waals surface area contributed by atoms with Crippen molar-refractivity contribution in [3.05, 3.63) is 0 Å². The Balaban J connectivity index is 3.84. The molecule has 1 atom stereocenters. The molecule has 0 aromatic heterocycles. The Labute approximate surface area is 193 Å². The molecule has 0 heterocycles. The van der Waals surface area contributed by atoms with Gasteiger partial charge >= 0.3 is 11.9 Å². The fourth-order valence-electron chi connectivity index (χ4n) is 2.70. The summed E-state index contributed by atoms with van der Waals surface area (Å²) in [6.07, 6.45) is 2.58. The third-order valence-electron chi connectivity index (χ3n) is 4.39. The lowest BCUT2D eigenvalue weighted by atomic mass is 10.1. The van der Waals surface area contributed by atoms with E-state index in [0.29, 0.717) is 32.2 Å². The predicted molar refractivity (Wildman–Crippen MR) is 117 cm³/mol. The van der Waals surface area contributed by atoms with Gasteiger partial charge in [0.1, 0.15) is 12.6 Å². The molecule has 3 amide bonds. The number of amides is 3. The molecule has 0 aliphatic heterocycles. The minimum absolute atomic E-state index is 0.0397. The average Bonchev–Trinajstić information content (AvgIpc) is 2.75. The van der Waals surface area contributed by atoms with Gasteiger partial charge in [0.15, 0.2) is 0 Å². The maximum atomic E-state index is 11.9. The number of carboxylic acids is 2. The molecule has 0 saturated heterocycles. The number of aliphatic carboxylic acids is 2. The highest BCUT2D eigenvalue weighted by Gasteiger charge is 2.20. The van der Waals surface area contributed by atoms with Crippen molar-refractivity contribution in [1.29, 1.82) is 0 Å². The third-order valence-corrected chi connectivity index (χ3v) is 4.39. The van der Waals surface area contributed by atoms with Gasteiger partial charge in [-0.2, -0.15) is 0 Å². The summed E-state index contributed by atoms with van der Waals surface area (Å²) in [6.45, 7) is 3.29. The predicted octanol–water partition coefficient (Wildman–Crippen LogP) is 0.0467. The van der Waals surface area contributed by atoms with Gasteiger partial charge in [0.25, 0.3) is 0 Å². The highest BCUT2D eigenvalue weighted by atomic mass is 16.5. The Morgan fingerprint density at radius 3 is 2.06 bits per heavy atom. The fraction of sp³-hybridized carbons (Fsp3) is 0.762. The van der Waals surface area contributed by atoms with E-state index in [0.717, 1.165) is 0 Å². The number of carboxylic acid groups (broad SMARTS) is 2. The van der Waals surface area contributed by atoms with Gasteiger partial charge in [0.05, 0.1) is 19.8 Å². The summed E-state index contributed by atoms with van der Waals surface area (Å²) in [6, 6.07) is -1.16. The second-order valence-electron chi connectivity index (χ2n) is 7.27. The summed E-state index contributed by atoms with van der Waals surface area (Å²) in [7, 11) is 0. The molecule has 0 rings (SSSR count). The van der Waals surface area contributed by atoms with Crippen molar-refractivity contribution < 1.29 is 43.7 Å². The first-order chi connectivity index (χ1) is 15.8. The molecule has 190 valence electrons. The Kier molecular flexibility index (Phi) is 18.3. The molecule has 0 spiro atoms. The fourth-order valence-corrected chi connectivity index (χ4v) is 2.70. The summed E-state index contributed by atoms with van der Waals surface area (Å²) in [5.74, 6) is -3.04. The van der Waals surface area contributed by atoms with Crippen LogP contribution >= 0.6 is 0 Å². The van der Waals surface area contributed by atoms with Crippen LogP contribution in [0.25, 0.3) is 0 Å². The lowest BCUT2D eigenvalue weighted by Gasteiger charge is -2.14. The molecule has 5 N–H and O–H groups in total. The van der Waals surface area contributed by atoms with Crippen LogP contribution in [0.5, 0.6) is 0 Å². The first kappa shape index (κ1) is 30.3. The summed E-state index contributed by atoms with van der Waals surface area (Å²) in [4.78, 5) is 56.7. The quantitative estimate of drug-likeness (QED) is 0.143. The van der Waals surface area contributed by atoms with Crippen LogP contribution in [0.3, 0.4) is 0 Å². The minimum Gasteiger partial charge on any atom is -0.481 e. The normalized spacial score (nSPS) is 11.4. The summed E-state index contributed by atoms with van der Waals surface area (Å²) in [5.41, 5.74) is 0. The highest BCUT2D eigenvalue weighted by molar-refractivity contribution is 5.84. The second kappa shape index (κ2) is 19.9. The van der Waals surface area contributed by atoms with Gasteiger partial charge in [0.2, 0.25) is 17.7 Å². The molecule has 0 bridgehead atoms. The van der Waals surface area contributed by atoms with E-state index in [1.165, 1.54) is 0 Å². The van der Waals surface area contributed by atoms with Crippen molar-refractivity contribution in [2.24, 2.45) is 0 Å². The third kappa shape index (κ3) is 19.7. The van der Waals surface area contributed by atoms with Crippen LogP contribution in [-0.4, -0.2) is 85.4 Å². The van der Waals surface area contributed by atoms with E-state index in [9.17, 15) is 29.1 Å². The molecule has 0 aromatic carbocycles. The van der Waals surface area contributed by atoms with Gasteiger partial charge in [-0.3, -0.25) is 19.2 Å². The first-order valence-corrected chi connectivity index (χ1v) is 11.2. The number of rotatable bonds is 21. The van der Waals surface area contributed by atoms with E-state index in [1.807, 2.05) is 6.92 Å². The first-order valence-electron chi connectivity index (χ1n) is 11.2. The molecule has 0 saturated carbocycles. The Morgan fingerprint density at radius 2 is 1.42 bits per heavy atom. The van der Waals surface area contributed by atoms with Crippen LogP contribution in [0.2, 0.25) is 0 Å². The molecular weight excluding hydrogens is 438 g/mol. The largest absolute Gasteiger partial charge is 0.481 e. The topological polar surface area (TPSA) is 180 Å². The second-order valence-corrected chi connectivity index (χ2v) is 7.27. The van der Waals surface area contributed by atoms with Crippen LogP contribution in [-0.2, 0) is 33.4 Å². The van der Waals surface area contributed by atoms with Crippen LogP contribution < -0.4 is 16.0 Å². The van der Waals surface area contributed by atoms with E-state index in [-0.39, 0.29) is 70.5 Å². The molecule has 0 aromatic rings. The van der Waals surface area contributed by atoms with Crippen LogP contribution in [0.4, 0.5) is 0 Å². The van der Waals surface area contributed by atoms with Crippen molar-refractivity contribution in [1.82, 2.24) is 16.0 Å². The van der Waals surface area contributed by atoms with Gasteiger partial charge < -0.3 is 35.6 Å². The zero-order valence-electron chi connectivity index (χ0n) is 19.2. The standard InChI is InChI=1S/C21H37N3O9/c1-2-22-19(27)15-33-14-13-32-12-11-23-17(25)10-9-16(21(30)31)24-18(26)7-5-3-4-6-8-20(28)29/h16H,2-15H2,1H3,(H,22,27)(H,23,25)(H,24,26)(H,28,29)(H,30,31)/t16-/m0/s1. The van der Waals surface area contributed by atoms with Crippen LogP contribution in [0.1, 0.15) is 58.3 Å². The Bertz CT molecular complexity index is 614. The average molecular weight is 476 g/mol. The number of nitrogens with one attached hydrogen (secondary N) is 3. The smallest absolute Gasteiger partial charge is 0.326 e. The van der Waals surface area contributed by atoms with Gasteiger partial charge in [-0.05, 0) is 26.2 Å². The van der Waals surface area contributed by atoms with Crippen molar-refractivity contribution >= 4 is 29.7 Å². The zero-order valence-corrected chi connectivity index (χ0v) is 19.2. The number of ether oxygens (including phenoxy) is 2. The lowest BCUT2D eigenvalue weighted by Crippen LogP contribution is -2.41. The number of carbonyl (C=O) groups is 5. The molecule has 33 heavy (non-hydrogen) atoms. The Hall–Kier alpha value is -2.73. The highest BCUT2D eigenvalue weighted by Crippen LogP contribution is 2.06. The minimum atomic E-state index is -1.21. The summed E-state index contributed by atoms with van der Waals surface area (Å²) < 4.78 is 10.4. The van der Waals surface area contributed by atoms with E-state index in [2.05, 4.69) is 16.0 Å². The van der Waals surface area contributed by atoms with Crippen LogP contribution in [0.15, 0.2) is 0 Å². The van der Waals surface area contributed by atoms with Gasteiger partial charge in [0, 0.05) is 32.4 Å². The van der Waals surface area contributed by atoms with Gasteiger partial charge in [-0.15, -0.1) is 0 Å². The van der Waals surface area contributed by atoms with E-state index in [1.54, 1.807) is 0 Å². The lowest BCUT2D eigenvalue weighted by molar-refractivity contribution is -0.142. The van der Waals surface area contributed by atoms with Gasteiger partial charge in [-0.1, -0.05) is 12.8 Å². The molecule has 12 nitrogen and oxygen atoms in total. The molecule has 0 fully saturated rings. The molecule has 0 aliphatic rings. The van der Waals surface area contributed by atoms with E-state index in [4.69, 9.17) is 14.6 Å². The van der Waals surface area contributed by atoms with Crippen molar-refractivity contribution in [2.75, 3.05) is 39.5 Å². The van der Waals surface area contributed by atoms with E-state index < -0.39 is 23.9 Å². The summed E-state index contributed by atoms with van der Waals surface area (Å²) in [5, 5.41) is 25.4. The molecule has 0 aliphatic carbocycles. The van der Waals surface area contributed by atoms with Gasteiger partial charge in [-0.25, -0.2) is 4.79 Å². The number of unbranched alkanes of at least 4 members (excludes halogenated alkanes) is 3. The van der Waals surface area contributed by atoms with Crippen LogP contribution in [0, 0.1) is 0 Å². The van der Waals surface area contributed by atoms with E-state index >= 15 is 0 Å². The zero-order chi connectivity index (χ0) is 24.9. The molecular formula is C21H37N3O9. The molecule has 0 radical (unpaired) electrons. The number of hydrogen-bond donors (Lipinski definition) is 5. The van der Waals surface area contributed by atoms with Crippen molar-refractivity contribution in [3.8, 4) is 0 Å². The number of carbonyl (C=O) groups excluding carboxylic acids is 3. The Morgan fingerprint density at radius 1 is 0.758 bits per heavy atom. The monoisotopic (exact) mass is 475 g/mol. The summed E-state index contributed by atoms with van der Waals surface area (Å²) >= 11 is 0. The van der Waals surface area contributed by atoms with Crippen molar-refractivity contribution in [3.63, 3.8) is 0 Å².